The molecule has 0 fully saturated rings. The quantitative estimate of drug-likeness (QED) is 0.745. The molecule has 1 aromatic rings. The van der Waals surface area contributed by atoms with E-state index in [1.54, 1.807) is 31.0 Å². The van der Waals surface area contributed by atoms with Gasteiger partial charge in [0.05, 0.1) is 25.4 Å². The zero-order valence-electron chi connectivity index (χ0n) is 10.6. The summed E-state index contributed by atoms with van der Waals surface area (Å²) in [5.41, 5.74) is 6.66. The molecule has 3 N–H and O–H groups in total. The Kier molecular flexibility index (Phi) is 5.64. The zero-order chi connectivity index (χ0) is 13.7. The van der Waals surface area contributed by atoms with Crippen LogP contribution in [0, 0.1) is 0 Å². The average molecular weight is 262 g/mol. The van der Waals surface area contributed by atoms with Crippen LogP contribution in [0.15, 0.2) is 12.4 Å². The van der Waals surface area contributed by atoms with Crippen LogP contribution in [-0.2, 0) is 7.05 Å². The summed E-state index contributed by atoms with van der Waals surface area (Å²) in [6.07, 6.45) is 0.905. The second-order valence-electron chi connectivity index (χ2n) is 4.36. The Balaban J connectivity index is 2.92. The number of aliphatic hydroxyl groups excluding tert-OH is 1. The molecule has 2 unspecified atom stereocenters. The normalized spacial score (nSPS) is 15.3. The van der Waals surface area contributed by atoms with Gasteiger partial charge in [0.1, 0.15) is 0 Å². The molecule has 0 aromatic carbocycles. The highest BCUT2D eigenvalue weighted by Crippen LogP contribution is 2.23. The number of aromatic nitrogens is 2. The predicted molar refractivity (Wildman–Crippen MR) is 64.3 cm³/mol. The van der Waals surface area contributed by atoms with E-state index in [1.807, 2.05) is 0 Å². The average Bonchev–Trinajstić information content (AvgIpc) is 2.63. The monoisotopic (exact) mass is 262 g/mol. The number of alkyl halides is 2. The van der Waals surface area contributed by atoms with Crippen molar-refractivity contribution in [1.82, 2.24) is 14.7 Å². The van der Waals surface area contributed by atoms with Gasteiger partial charge in [0, 0.05) is 31.4 Å². The lowest BCUT2D eigenvalue weighted by Gasteiger charge is -2.32. The highest BCUT2D eigenvalue weighted by Gasteiger charge is 2.27. The lowest BCUT2D eigenvalue weighted by atomic mass is 10.0. The van der Waals surface area contributed by atoms with Crippen molar-refractivity contribution < 1.29 is 13.9 Å². The van der Waals surface area contributed by atoms with Gasteiger partial charge in [-0.3, -0.25) is 9.58 Å². The van der Waals surface area contributed by atoms with E-state index in [2.05, 4.69) is 5.10 Å². The summed E-state index contributed by atoms with van der Waals surface area (Å²) >= 11 is 0. The molecule has 18 heavy (non-hydrogen) atoms. The number of hydrogen-bond acceptors (Lipinski definition) is 4. The van der Waals surface area contributed by atoms with Crippen molar-refractivity contribution >= 4 is 0 Å². The number of aliphatic hydroxyl groups is 1. The minimum Gasteiger partial charge on any atom is -0.395 e. The van der Waals surface area contributed by atoms with Crippen molar-refractivity contribution in [3.8, 4) is 0 Å². The predicted octanol–water partition coefficient (Wildman–Crippen LogP) is 0.368. The van der Waals surface area contributed by atoms with Crippen molar-refractivity contribution in [3.05, 3.63) is 18.0 Å². The standard InChI is InChI=1S/C11H20F2N4O/c1-8(14)11(9-5-15-16(2)6-9)17(3-4-18)7-10(12)13/h5-6,8,10-11,18H,3-4,7,14H2,1-2H3. The number of halogens is 2. The number of aryl methyl sites for hydroxylation is 1. The van der Waals surface area contributed by atoms with Crippen molar-refractivity contribution in [2.75, 3.05) is 19.7 Å². The molecule has 2 atom stereocenters. The zero-order valence-corrected chi connectivity index (χ0v) is 10.6. The van der Waals surface area contributed by atoms with Gasteiger partial charge in [-0.1, -0.05) is 0 Å². The molecule has 1 aromatic heterocycles. The van der Waals surface area contributed by atoms with Crippen LogP contribution in [0.5, 0.6) is 0 Å². The summed E-state index contributed by atoms with van der Waals surface area (Å²) < 4.78 is 26.7. The van der Waals surface area contributed by atoms with Crippen LogP contribution in [0.4, 0.5) is 8.78 Å². The largest absolute Gasteiger partial charge is 0.395 e. The van der Waals surface area contributed by atoms with Crippen LogP contribution < -0.4 is 5.73 Å². The molecule has 1 rings (SSSR count). The Labute approximate surface area is 105 Å². The van der Waals surface area contributed by atoms with E-state index < -0.39 is 13.0 Å². The summed E-state index contributed by atoms with van der Waals surface area (Å²) in [5, 5.41) is 13.0. The topological polar surface area (TPSA) is 67.3 Å². The molecular formula is C11H20F2N4O. The first-order valence-electron chi connectivity index (χ1n) is 5.83. The van der Waals surface area contributed by atoms with E-state index in [0.717, 1.165) is 5.56 Å². The van der Waals surface area contributed by atoms with Crippen LogP contribution in [-0.4, -0.2) is 52.0 Å². The van der Waals surface area contributed by atoms with Gasteiger partial charge in [0.25, 0.3) is 6.43 Å². The lowest BCUT2D eigenvalue weighted by Crippen LogP contribution is -2.43. The van der Waals surface area contributed by atoms with E-state index in [0.29, 0.717) is 0 Å². The number of nitrogens with zero attached hydrogens (tertiary/aromatic N) is 3. The first-order chi connectivity index (χ1) is 8.45. The van der Waals surface area contributed by atoms with E-state index in [9.17, 15) is 8.78 Å². The van der Waals surface area contributed by atoms with Crippen LogP contribution >= 0.6 is 0 Å². The Hall–Kier alpha value is -1.05. The van der Waals surface area contributed by atoms with Crippen LogP contribution in [0.3, 0.4) is 0 Å². The van der Waals surface area contributed by atoms with Crippen molar-refractivity contribution in [1.29, 1.82) is 0 Å². The molecule has 0 spiro atoms. The lowest BCUT2D eigenvalue weighted by molar-refractivity contribution is 0.0487. The SMILES string of the molecule is CC(N)C(c1cnn(C)c1)N(CCO)CC(F)F. The maximum atomic E-state index is 12.6. The Bertz CT molecular complexity index is 357. The van der Waals surface area contributed by atoms with Gasteiger partial charge in [-0.15, -0.1) is 0 Å². The molecule has 0 aliphatic rings. The van der Waals surface area contributed by atoms with Crippen LogP contribution in [0.25, 0.3) is 0 Å². The van der Waals surface area contributed by atoms with E-state index in [4.69, 9.17) is 10.8 Å². The van der Waals surface area contributed by atoms with Gasteiger partial charge >= 0.3 is 0 Å². The van der Waals surface area contributed by atoms with Crippen LogP contribution in [0.2, 0.25) is 0 Å². The number of rotatable bonds is 7. The third-order valence-corrected chi connectivity index (χ3v) is 2.72. The minimum atomic E-state index is -2.46. The smallest absolute Gasteiger partial charge is 0.251 e. The number of nitrogens with two attached hydrogens (primary N) is 1. The molecule has 0 aliphatic heterocycles. The molecule has 5 nitrogen and oxygen atoms in total. The molecule has 0 amide bonds. The maximum Gasteiger partial charge on any atom is 0.251 e. The van der Waals surface area contributed by atoms with Gasteiger partial charge < -0.3 is 10.8 Å². The van der Waals surface area contributed by atoms with Gasteiger partial charge in [0.2, 0.25) is 0 Å². The first-order valence-corrected chi connectivity index (χ1v) is 5.83. The fourth-order valence-corrected chi connectivity index (χ4v) is 2.09. The molecular weight excluding hydrogens is 242 g/mol. The Morgan fingerprint density at radius 1 is 1.56 bits per heavy atom. The third-order valence-electron chi connectivity index (χ3n) is 2.72. The van der Waals surface area contributed by atoms with Gasteiger partial charge in [-0.2, -0.15) is 5.10 Å². The highest BCUT2D eigenvalue weighted by molar-refractivity contribution is 5.13. The second-order valence-corrected chi connectivity index (χ2v) is 4.36. The fourth-order valence-electron chi connectivity index (χ4n) is 2.09. The molecule has 0 aliphatic carbocycles. The Morgan fingerprint density at radius 3 is 2.61 bits per heavy atom. The van der Waals surface area contributed by atoms with Gasteiger partial charge in [0.15, 0.2) is 0 Å². The molecule has 7 heteroatoms. The van der Waals surface area contributed by atoms with E-state index >= 15 is 0 Å². The highest BCUT2D eigenvalue weighted by atomic mass is 19.3. The number of hydrogen-bond donors (Lipinski definition) is 2. The first kappa shape index (κ1) is 15.0. The molecule has 104 valence electrons. The van der Waals surface area contributed by atoms with Gasteiger partial charge in [-0.25, -0.2) is 8.78 Å². The third kappa shape index (κ3) is 4.01. The summed E-state index contributed by atoms with van der Waals surface area (Å²) in [4.78, 5) is 1.49. The molecule has 1 heterocycles. The molecule has 0 radical (unpaired) electrons. The Morgan fingerprint density at radius 2 is 2.22 bits per heavy atom. The molecule has 0 saturated heterocycles. The van der Waals surface area contributed by atoms with E-state index in [1.165, 1.54) is 4.90 Å². The molecule has 0 saturated carbocycles. The summed E-state index contributed by atoms with van der Waals surface area (Å²) in [6, 6.07) is -0.709. The summed E-state index contributed by atoms with van der Waals surface area (Å²) in [7, 11) is 1.76. The minimum absolute atomic E-state index is 0.158. The van der Waals surface area contributed by atoms with Crippen LogP contribution in [0.1, 0.15) is 18.5 Å². The molecule has 0 bridgehead atoms. The van der Waals surface area contributed by atoms with Crippen molar-refractivity contribution in [2.45, 2.75) is 25.4 Å². The van der Waals surface area contributed by atoms with Crippen molar-refractivity contribution in [3.63, 3.8) is 0 Å². The summed E-state index contributed by atoms with van der Waals surface area (Å²) in [5.74, 6) is 0. The van der Waals surface area contributed by atoms with E-state index in [-0.39, 0.29) is 25.2 Å². The second kappa shape index (κ2) is 6.77. The summed E-state index contributed by atoms with van der Waals surface area (Å²) in [6.45, 7) is 1.32. The van der Waals surface area contributed by atoms with Gasteiger partial charge in [-0.05, 0) is 6.92 Å². The van der Waals surface area contributed by atoms with Crippen molar-refractivity contribution in [2.24, 2.45) is 12.8 Å². The fraction of sp³-hybridized carbons (Fsp3) is 0.727. The maximum absolute atomic E-state index is 12.6.